The van der Waals surface area contributed by atoms with Gasteiger partial charge in [-0.25, -0.2) is 0 Å². The molecule has 0 radical (unpaired) electrons. The molecule has 0 fully saturated rings. The van der Waals surface area contributed by atoms with Crippen molar-refractivity contribution >= 4 is 6.29 Å². The second kappa shape index (κ2) is 2.62. The monoisotopic (exact) mass is 152 g/mol. The molecule has 1 aliphatic carbocycles. The maximum Gasteiger partial charge on any atom is 0.149 e. The third-order valence-corrected chi connectivity index (χ3v) is 2.11. The van der Waals surface area contributed by atoms with Crippen molar-refractivity contribution in [2.45, 2.75) is 19.4 Å². The van der Waals surface area contributed by atoms with Crippen LogP contribution in [0.2, 0.25) is 0 Å². The highest BCUT2D eigenvalue weighted by molar-refractivity contribution is 5.78. The van der Waals surface area contributed by atoms with E-state index in [1.54, 1.807) is 25.2 Å². The van der Waals surface area contributed by atoms with Gasteiger partial charge in [-0.2, -0.15) is 0 Å². The number of rotatable bonds is 1. The zero-order valence-corrected chi connectivity index (χ0v) is 6.74. The third-order valence-electron chi connectivity index (χ3n) is 2.11. The molecule has 1 aliphatic rings. The molecule has 0 spiro atoms. The van der Waals surface area contributed by atoms with Gasteiger partial charge in [-0.1, -0.05) is 25.2 Å². The lowest BCUT2D eigenvalue weighted by molar-refractivity contribution is -0.104. The normalized spacial score (nSPS) is 36.6. The Morgan fingerprint density at radius 1 is 1.73 bits per heavy atom. The van der Waals surface area contributed by atoms with Gasteiger partial charge in [-0.3, -0.25) is 4.79 Å². The van der Waals surface area contributed by atoms with Crippen molar-refractivity contribution in [1.82, 2.24) is 0 Å². The molecule has 0 saturated carbocycles. The van der Waals surface area contributed by atoms with E-state index in [9.17, 15) is 9.90 Å². The molecule has 1 rings (SSSR count). The average molecular weight is 152 g/mol. The van der Waals surface area contributed by atoms with Gasteiger partial charge in [0.15, 0.2) is 0 Å². The molecule has 60 valence electrons. The van der Waals surface area contributed by atoms with Crippen LogP contribution in [-0.2, 0) is 4.79 Å². The van der Waals surface area contributed by atoms with Crippen LogP contribution in [0.15, 0.2) is 23.8 Å². The summed E-state index contributed by atoms with van der Waals surface area (Å²) in [7, 11) is 0. The molecular formula is C9H12O2. The Morgan fingerprint density at radius 2 is 2.36 bits per heavy atom. The van der Waals surface area contributed by atoms with Gasteiger partial charge in [0, 0.05) is 11.5 Å². The summed E-state index contributed by atoms with van der Waals surface area (Å²) in [6, 6.07) is 0. The molecule has 0 aromatic carbocycles. The van der Waals surface area contributed by atoms with E-state index in [0.717, 1.165) is 6.29 Å². The number of hydrogen-bond donors (Lipinski definition) is 1. The van der Waals surface area contributed by atoms with Crippen molar-refractivity contribution in [2.75, 3.05) is 0 Å². The highest BCUT2D eigenvalue weighted by atomic mass is 16.3. The molecular weight excluding hydrogens is 140 g/mol. The highest BCUT2D eigenvalue weighted by Gasteiger charge is 2.26. The van der Waals surface area contributed by atoms with Crippen LogP contribution < -0.4 is 0 Å². The van der Waals surface area contributed by atoms with E-state index < -0.39 is 5.60 Å². The maximum absolute atomic E-state index is 10.3. The summed E-state index contributed by atoms with van der Waals surface area (Å²) in [6.07, 6.45) is 5.86. The van der Waals surface area contributed by atoms with Crippen LogP contribution in [0.4, 0.5) is 0 Å². The molecule has 0 aliphatic heterocycles. The van der Waals surface area contributed by atoms with Crippen molar-refractivity contribution in [3.8, 4) is 0 Å². The average Bonchev–Trinajstić information content (AvgIpc) is 1.95. The number of carbonyl (C=O) groups excluding carboxylic acids is 1. The molecule has 0 aromatic rings. The summed E-state index contributed by atoms with van der Waals surface area (Å²) in [5.41, 5.74) is -0.156. The third kappa shape index (κ3) is 1.57. The predicted molar refractivity (Wildman–Crippen MR) is 43.1 cm³/mol. The Bertz CT molecular complexity index is 224. The van der Waals surface area contributed by atoms with Crippen LogP contribution in [0.25, 0.3) is 0 Å². The summed E-state index contributed by atoms with van der Waals surface area (Å²) in [4.78, 5) is 10.3. The lowest BCUT2D eigenvalue weighted by Crippen LogP contribution is -2.31. The van der Waals surface area contributed by atoms with Crippen molar-refractivity contribution < 1.29 is 9.90 Å². The van der Waals surface area contributed by atoms with Crippen LogP contribution in [0, 0.1) is 5.92 Å². The standard InChI is InChI=1S/C9H12O2/c1-7-5-8(6-10)3-4-9(7,2)11/h3-7,11H,1-2H3. The van der Waals surface area contributed by atoms with Crippen molar-refractivity contribution in [3.05, 3.63) is 23.8 Å². The number of aldehydes is 1. The Labute approximate surface area is 66.2 Å². The molecule has 1 N–H and O–H groups in total. The van der Waals surface area contributed by atoms with Gasteiger partial charge in [0.2, 0.25) is 0 Å². The van der Waals surface area contributed by atoms with Crippen LogP contribution in [0.3, 0.4) is 0 Å². The van der Waals surface area contributed by atoms with E-state index in [1.165, 1.54) is 0 Å². The van der Waals surface area contributed by atoms with Crippen LogP contribution in [0.5, 0.6) is 0 Å². The quantitative estimate of drug-likeness (QED) is 0.570. The molecule has 0 saturated heterocycles. The van der Waals surface area contributed by atoms with Gasteiger partial charge in [-0.15, -0.1) is 0 Å². The van der Waals surface area contributed by atoms with Gasteiger partial charge >= 0.3 is 0 Å². The van der Waals surface area contributed by atoms with Gasteiger partial charge in [-0.05, 0) is 6.92 Å². The minimum absolute atomic E-state index is 0.00713. The van der Waals surface area contributed by atoms with Gasteiger partial charge in [0.1, 0.15) is 6.29 Å². The van der Waals surface area contributed by atoms with E-state index in [0.29, 0.717) is 5.57 Å². The zero-order chi connectivity index (χ0) is 8.48. The number of allylic oxidation sites excluding steroid dienone is 2. The minimum Gasteiger partial charge on any atom is -0.385 e. The SMILES string of the molecule is CC1C=C(C=O)C=CC1(C)O. The molecule has 2 atom stereocenters. The van der Waals surface area contributed by atoms with E-state index in [1.807, 2.05) is 6.92 Å². The summed E-state index contributed by atoms with van der Waals surface area (Å²) in [5.74, 6) is 0.00713. The smallest absolute Gasteiger partial charge is 0.149 e. The molecule has 2 nitrogen and oxygen atoms in total. The van der Waals surface area contributed by atoms with E-state index in [2.05, 4.69) is 0 Å². The summed E-state index contributed by atoms with van der Waals surface area (Å²) in [5, 5.41) is 9.61. The molecule has 2 heteroatoms. The fourth-order valence-corrected chi connectivity index (χ4v) is 1.01. The summed E-state index contributed by atoms with van der Waals surface area (Å²) in [6.45, 7) is 3.61. The lowest BCUT2D eigenvalue weighted by atomic mass is 9.85. The number of aliphatic hydroxyl groups is 1. The zero-order valence-electron chi connectivity index (χ0n) is 6.74. The topological polar surface area (TPSA) is 37.3 Å². The van der Waals surface area contributed by atoms with Crippen molar-refractivity contribution in [1.29, 1.82) is 0 Å². The molecule has 2 unspecified atom stereocenters. The van der Waals surface area contributed by atoms with Crippen molar-refractivity contribution in [2.24, 2.45) is 5.92 Å². The van der Waals surface area contributed by atoms with E-state index >= 15 is 0 Å². The first-order valence-corrected chi connectivity index (χ1v) is 3.65. The van der Waals surface area contributed by atoms with Gasteiger partial charge in [0.25, 0.3) is 0 Å². The predicted octanol–water partition coefficient (Wildman–Crippen LogP) is 1.07. The molecule has 0 aromatic heterocycles. The molecule has 0 bridgehead atoms. The Hall–Kier alpha value is -0.890. The second-order valence-corrected chi connectivity index (χ2v) is 3.13. The highest BCUT2D eigenvalue weighted by Crippen LogP contribution is 2.25. The summed E-state index contributed by atoms with van der Waals surface area (Å²) < 4.78 is 0. The molecule has 11 heavy (non-hydrogen) atoms. The van der Waals surface area contributed by atoms with Gasteiger partial charge < -0.3 is 5.11 Å². The summed E-state index contributed by atoms with van der Waals surface area (Å²) >= 11 is 0. The Kier molecular flexibility index (Phi) is 1.96. The fraction of sp³-hybridized carbons (Fsp3) is 0.444. The second-order valence-electron chi connectivity index (χ2n) is 3.13. The largest absolute Gasteiger partial charge is 0.385 e. The maximum atomic E-state index is 10.3. The Balaban J connectivity index is 2.88. The van der Waals surface area contributed by atoms with E-state index in [4.69, 9.17) is 0 Å². The lowest BCUT2D eigenvalue weighted by Gasteiger charge is -2.27. The van der Waals surface area contributed by atoms with Crippen LogP contribution in [-0.4, -0.2) is 17.0 Å². The first-order valence-electron chi connectivity index (χ1n) is 3.65. The molecule has 0 amide bonds. The number of hydrogen-bond acceptors (Lipinski definition) is 2. The van der Waals surface area contributed by atoms with Crippen molar-refractivity contribution in [3.63, 3.8) is 0 Å². The number of carbonyl (C=O) groups is 1. The Morgan fingerprint density at radius 3 is 2.82 bits per heavy atom. The van der Waals surface area contributed by atoms with Gasteiger partial charge in [0.05, 0.1) is 5.60 Å². The first kappa shape index (κ1) is 8.21. The van der Waals surface area contributed by atoms with E-state index in [-0.39, 0.29) is 5.92 Å². The fourth-order valence-electron chi connectivity index (χ4n) is 1.01. The first-order chi connectivity index (χ1) is 5.06. The van der Waals surface area contributed by atoms with Crippen LogP contribution >= 0.6 is 0 Å². The minimum atomic E-state index is -0.799. The van der Waals surface area contributed by atoms with Crippen LogP contribution in [0.1, 0.15) is 13.8 Å². The molecule has 0 heterocycles.